The van der Waals surface area contributed by atoms with E-state index < -0.39 is 0 Å². The molecule has 0 saturated carbocycles. The van der Waals surface area contributed by atoms with Crippen LogP contribution in [-0.4, -0.2) is 45.9 Å². The largest absolute Gasteiger partial charge is 0.494 e. The van der Waals surface area contributed by atoms with E-state index in [9.17, 15) is 5.11 Å². The van der Waals surface area contributed by atoms with Crippen molar-refractivity contribution in [1.29, 1.82) is 0 Å². The molecule has 3 N–H and O–H groups in total. The zero-order chi connectivity index (χ0) is 20.9. The molecule has 1 aromatic carbocycles. The first-order valence-corrected chi connectivity index (χ1v) is 10.3. The van der Waals surface area contributed by atoms with E-state index in [1.807, 2.05) is 54.9 Å². The van der Waals surface area contributed by atoms with E-state index in [4.69, 9.17) is 15.5 Å². The number of pyridine rings is 2. The highest BCUT2D eigenvalue weighted by atomic mass is 16.5. The fraction of sp³-hybridized carbons (Fsp3) is 0.167. The summed E-state index contributed by atoms with van der Waals surface area (Å²) in [6.07, 6.45) is 9.50. The number of fused-ring (bicyclic) bond motifs is 2. The molecule has 4 heterocycles. The molecule has 0 radical (unpaired) electrons. The Labute approximate surface area is 178 Å². The van der Waals surface area contributed by atoms with Crippen LogP contribution in [0, 0.1) is 0 Å². The van der Waals surface area contributed by atoms with Crippen molar-refractivity contribution in [2.24, 2.45) is 0 Å². The number of aromatic nitrogens is 3. The van der Waals surface area contributed by atoms with Crippen LogP contribution in [0.2, 0.25) is 0 Å². The van der Waals surface area contributed by atoms with Gasteiger partial charge in [0.25, 0.3) is 0 Å². The minimum absolute atomic E-state index is 0.111. The third kappa shape index (κ3) is 2.78. The number of aromatic hydroxyl groups is 1. The summed E-state index contributed by atoms with van der Waals surface area (Å²) in [5.41, 5.74) is 11.3. The van der Waals surface area contributed by atoms with Crippen LogP contribution in [0.3, 0.4) is 0 Å². The number of anilines is 2. The Bertz CT molecular complexity index is 1380. The Balaban J connectivity index is 1.48. The number of hydrogen-bond donors (Lipinski definition) is 2. The van der Waals surface area contributed by atoms with Gasteiger partial charge in [0.1, 0.15) is 5.82 Å². The highest BCUT2D eigenvalue weighted by Crippen LogP contribution is 2.40. The van der Waals surface area contributed by atoms with E-state index in [2.05, 4.69) is 16.0 Å². The molecule has 0 unspecified atom stereocenters. The highest BCUT2D eigenvalue weighted by molar-refractivity contribution is 6.12. The van der Waals surface area contributed by atoms with Gasteiger partial charge in [-0.2, -0.15) is 0 Å². The number of nitrogens with zero attached hydrogens (tertiary/aromatic N) is 4. The van der Waals surface area contributed by atoms with Crippen molar-refractivity contribution in [3.63, 3.8) is 0 Å². The quantitative estimate of drug-likeness (QED) is 0.533. The maximum atomic E-state index is 10.8. The van der Waals surface area contributed by atoms with Gasteiger partial charge in [-0.3, -0.25) is 4.57 Å². The number of nitrogen functional groups attached to an aromatic ring is 1. The van der Waals surface area contributed by atoms with Crippen molar-refractivity contribution in [3.8, 4) is 17.0 Å². The summed E-state index contributed by atoms with van der Waals surface area (Å²) in [6, 6.07) is 10.0. The Hall–Kier alpha value is -3.84. The smallest absolute Gasteiger partial charge is 0.207 e. The van der Waals surface area contributed by atoms with Gasteiger partial charge in [-0.05, 0) is 24.3 Å². The van der Waals surface area contributed by atoms with Gasteiger partial charge in [-0.15, -0.1) is 0 Å². The first-order chi connectivity index (χ1) is 15.2. The summed E-state index contributed by atoms with van der Waals surface area (Å²) in [5.74, 6) is 1.06. The zero-order valence-electron chi connectivity index (χ0n) is 16.8. The topological polar surface area (TPSA) is 89.4 Å². The second kappa shape index (κ2) is 6.85. The van der Waals surface area contributed by atoms with E-state index in [0.29, 0.717) is 16.6 Å². The van der Waals surface area contributed by atoms with Gasteiger partial charge in [0.15, 0.2) is 0 Å². The van der Waals surface area contributed by atoms with Gasteiger partial charge in [0.2, 0.25) is 5.88 Å². The molecule has 31 heavy (non-hydrogen) atoms. The van der Waals surface area contributed by atoms with E-state index in [-0.39, 0.29) is 5.88 Å². The molecule has 0 spiro atoms. The lowest BCUT2D eigenvalue weighted by molar-refractivity contribution is 0.122. The lowest BCUT2D eigenvalue weighted by Crippen LogP contribution is -2.36. The fourth-order valence-corrected chi connectivity index (χ4v) is 4.26. The second-order valence-corrected chi connectivity index (χ2v) is 7.77. The molecule has 3 aromatic heterocycles. The predicted molar refractivity (Wildman–Crippen MR) is 123 cm³/mol. The Kier molecular flexibility index (Phi) is 3.97. The lowest BCUT2D eigenvalue weighted by Gasteiger charge is -2.27. The Morgan fingerprint density at radius 1 is 1.10 bits per heavy atom. The van der Waals surface area contributed by atoms with Gasteiger partial charge in [0.05, 0.1) is 35.3 Å². The molecule has 1 fully saturated rings. The zero-order valence-corrected chi connectivity index (χ0v) is 16.8. The van der Waals surface area contributed by atoms with E-state index in [1.54, 1.807) is 4.57 Å². The molecule has 4 aromatic rings. The first kappa shape index (κ1) is 18.0. The fourth-order valence-electron chi connectivity index (χ4n) is 4.26. The Morgan fingerprint density at radius 2 is 1.94 bits per heavy atom. The van der Waals surface area contributed by atoms with Gasteiger partial charge in [-0.25, -0.2) is 9.97 Å². The van der Waals surface area contributed by atoms with Crippen LogP contribution in [0.1, 0.15) is 0 Å². The molecule has 6 rings (SSSR count). The molecule has 7 heteroatoms. The molecule has 1 aliphatic heterocycles. The number of ether oxygens (including phenoxy) is 1. The van der Waals surface area contributed by atoms with E-state index >= 15 is 0 Å². The molecule has 7 nitrogen and oxygen atoms in total. The molecular weight excluding hydrogens is 390 g/mol. The van der Waals surface area contributed by atoms with Crippen molar-refractivity contribution in [1.82, 2.24) is 14.5 Å². The Morgan fingerprint density at radius 3 is 2.65 bits per heavy atom. The summed E-state index contributed by atoms with van der Waals surface area (Å²) in [6.45, 7) is 3.15. The van der Waals surface area contributed by atoms with Crippen LogP contribution in [0.25, 0.3) is 38.6 Å². The highest BCUT2D eigenvalue weighted by Gasteiger charge is 2.19. The lowest BCUT2D eigenvalue weighted by atomic mass is 10.0. The average molecular weight is 411 g/mol. The molecule has 0 bridgehead atoms. The van der Waals surface area contributed by atoms with Crippen LogP contribution < -0.4 is 10.6 Å². The number of hydrogen-bond acceptors (Lipinski definition) is 6. The average Bonchev–Trinajstić information content (AvgIpc) is 3.09. The van der Waals surface area contributed by atoms with Gasteiger partial charge >= 0.3 is 0 Å². The van der Waals surface area contributed by atoms with Crippen molar-refractivity contribution < 1.29 is 9.84 Å². The van der Waals surface area contributed by atoms with E-state index in [1.165, 1.54) is 0 Å². The number of rotatable bonds is 3. The molecular formula is C24H21N5O2. The monoisotopic (exact) mass is 411 g/mol. The van der Waals surface area contributed by atoms with Crippen molar-refractivity contribution in [3.05, 3.63) is 61.0 Å². The van der Waals surface area contributed by atoms with Crippen molar-refractivity contribution >= 4 is 39.0 Å². The molecule has 2 aliphatic rings. The third-order valence-corrected chi connectivity index (χ3v) is 5.99. The van der Waals surface area contributed by atoms with Crippen LogP contribution in [-0.2, 0) is 4.74 Å². The first-order valence-electron chi connectivity index (χ1n) is 10.3. The number of morpholine rings is 1. The van der Waals surface area contributed by atoms with Crippen LogP contribution >= 0.6 is 0 Å². The number of allylic oxidation sites excluding steroid dienone is 4. The normalized spacial score (nSPS) is 16.0. The number of benzene rings is 1. The van der Waals surface area contributed by atoms with Crippen LogP contribution in [0.5, 0.6) is 5.88 Å². The molecule has 0 amide bonds. The molecule has 0 atom stereocenters. The van der Waals surface area contributed by atoms with Crippen molar-refractivity contribution in [2.75, 3.05) is 36.9 Å². The summed E-state index contributed by atoms with van der Waals surface area (Å²) < 4.78 is 7.14. The minimum atomic E-state index is 0.111. The maximum Gasteiger partial charge on any atom is 0.207 e. The van der Waals surface area contributed by atoms with Crippen molar-refractivity contribution in [2.45, 2.75) is 0 Å². The third-order valence-electron chi connectivity index (χ3n) is 5.99. The molecule has 154 valence electrons. The number of para-hydroxylation sites is 1. The van der Waals surface area contributed by atoms with Crippen LogP contribution in [0.4, 0.5) is 11.5 Å². The molecule has 1 aliphatic carbocycles. The van der Waals surface area contributed by atoms with Gasteiger partial charge in [0, 0.05) is 47.7 Å². The minimum Gasteiger partial charge on any atom is -0.494 e. The van der Waals surface area contributed by atoms with Gasteiger partial charge in [-0.1, -0.05) is 24.3 Å². The summed E-state index contributed by atoms with van der Waals surface area (Å²) in [4.78, 5) is 11.8. The second-order valence-electron chi connectivity index (χ2n) is 7.77. The van der Waals surface area contributed by atoms with E-state index in [0.717, 1.165) is 59.8 Å². The summed E-state index contributed by atoms with van der Waals surface area (Å²) in [7, 11) is 0. The number of nitrogens with two attached hydrogens (primary N) is 1. The summed E-state index contributed by atoms with van der Waals surface area (Å²) in [5, 5.41) is 12.1. The standard InChI is InChI=1S/C24H21N5O2/c25-22-18-6-2-5-17(15-7-8-20(26-13-15)28-9-11-31-12-10-28)23(18)27-19-14-29(16-3-1-4-16)24(30)21(19)22/h1-8,13-14,30H,9-12,25H2. The summed E-state index contributed by atoms with van der Waals surface area (Å²) >= 11 is 0. The van der Waals surface area contributed by atoms with Gasteiger partial charge < -0.3 is 20.5 Å². The van der Waals surface area contributed by atoms with Crippen LogP contribution in [0.15, 0.2) is 61.0 Å². The predicted octanol–water partition coefficient (Wildman–Crippen LogP) is 3.79. The maximum absolute atomic E-state index is 10.8. The SMILES string of the molecule is Nc1c2cccc(-c3ccc(N4CCOCC4)nc3)c2nc2cn(C3=CC=C3)c(O)c12. The molecule has 1 saturated heterocycles.